The van der Waals surface area contributed by atoms with Crippen molar-refractivity contribution in [2.75, 3.05) is 51.2 Å². The van der Waals surface area contributed by atoms with Crippen LogP contribution in [0.5, 0.6) is 0 Å². The predicted molar refractivity (Wildman–Crippen MR) is 68.3 cm³/mol. The molecule has 0 aromatic carbocycles. The summed E-state index contributed by atoms with van der Waals surface area (Å²) in [5.74, 6) is 0.927. The van der Waals surface area contributed by atoms with Crippen molar-refractivity contribution in [3.8, 4) is 0 Å². The van der Waals surface area contributed by atoms with Gasteiger partial charge in [0.15, 0.2) is 5.82 Å². The number of aromatic nitrogens is 2. The summed E-state index contributed by atoms with van der Waals surface area (Å²) in [7, 11) is 5.27. The Morgan fingerprint density at radius 2 is 1.76 bits per heavy atom. The number of nitrogens with two attached hydrogens (primary N) is 1. The third-order valence-corrected chi connectivity index (χ3v) is 2.67. The van der Waals surface area contributed by atoms with Crippen molar-refractivity contribution in [2.45, 2.75) is 6.92 Å². The summed E-state index contributed by atoms with van der Waals surface area (Å²) < 4.78 is 12.0. The van der Waals surface area contributed by atoms with E-state index in [1.807, 2.05) is 14.0 Å². The maximum Gasteiger partial charge on any atom is 0.150 e. The molecule has 0 aliphatic carbocycles. The van der Waals surface area contributed by atoms with E-state index >= 15 is 0 Å². The van der Waals surface area contributed by atoms with E-state index in [1.165, 1.54) is 0 Å². The highest BCUT2D eigenvalue weighted by molar-refractivity contribution is 5.66. The lowest BCUT2D eigenvalue weighted by Gasteiger charge is -2.24. The van der Waals surface area contributed by atoms with Crippen molar-refractivity contribution < 1.29 is 9.47 Å². The van der Waals surface area contributed by atoms with Gasteiger partial charge in [-0.2, -0.15) is 5.10 Å². The minimum absolute atomic E-state index is 0.646. The first-order valence-electron chi connectivity index (χ1n) is 5.63. The van der Waals surface area contributed by atoms with E-state index in [1.54, 1.807) is 18.9 Å². The van der Waals surface area contributed by atoms with E-state index in [-0.39, 0.29) is 0 Å². The molecular weight excluding hydrogens is 220 g/mol. The summed E-state index contributed by atoms with van der Waals surface area (Å²) in [5.41, 5.74) is 7.61. The van der Waals surface area contributed by atoms with Gasteiger partial charge in [-0.3, -0.25) is 4.68 Å². The van der Waals surface area contributed by atoms with Gasteiger partial charge in [0, 0.05) is 34.4 Å². The average molecular weight is 242 g/mol. The molecule has 2 N–H and O–H groups in total. The first kappa shape index (κ1) is 13.8. The molecule has 0 aliphatic heterocycles. The Morgan fingerprint density at radius 1 is 1.24 bits per heavy atom. The van der Waals surface area contributed by atoms with Gasteiger partial charge in [0.2, 0.25) is 0 Å². The summed E-state index contributed by atoms with van der Waals surface area (Å²) in [6, 6.07) is 0. The SMILES string of the molecule is COCCN(CCOC)c1c(N)c(C)nn1C. The van der Waals surface area contributed by atoms with Crippen molar-refractivity contribution in [2.24, 2.45) is 7.05 Å². The Kier molecular flexibility index (Phi) is 5.24. The molecule has 0 saturated carbocycles. The molecule has 0 unspecified atom stereocenters. The van der Waals surface area contributed by atoms with Crippen LogP contribution in [0.2, 0.25) is 0 Å². The van der Waals surface area contributed by atoms with Crippen LogP contribution in [-0.4, -0.2) is 50.3 Å². The number of rotatable bonds is 7. The summed E-state index contributed by atoms with van der Waals surface area (Å²) in [6.45, 7) is 4.73. The third-order valence-electron chi connectivity index (χ3n) is 2.67. The van der Waals surface area contributed by atoms with Crippen molar-refractivity contribution in [1.29, 1.82) is 0 Å². The standard InChI is InChI=1S/C11H22N4O2/c1-9-10(12)11(14(2)13-9)15(5-7-16-3)6-8-17-4/h5-8,12H2,1-4H3. The van der Waals surface area contributed by atoms with Crippen LogP contribution in [0.4, 0.5) is 11.5 Å². The monoisotopic (exact) mass is 242 g/mol. The van der Waals surface area contributed by atoms with Gasteiger partial charge in [0.05, 0.1) is 24.6 Å². The molecule has 0 fully saturated rings. The van der Waals surface area contributed by atoms with E-state index in [0.29, 0.717) is 13.2 Å². The van der Waals surface area contributed by atoms with Crippen LogP contribution in [-0.2, 0) is 16.5 Å². The highest BCUT2D eigenvalue weighted by Gasteiger charge is 2.16. The van der Waals surface area contributed by atoms with Gasteiger partial charge in [0.1, 0.15) is 0 Å². The number of ether oxygens (including phenoxy) is 2. The fraction of sp³-hybridized carbons (Fsp3) is 0.727. The van der Waals surface area contributed by atoms with Gasteiger partial charge in [-0.15, -0.1) is 0 Å². The zero-order chi connectivity index (χ0) is 12.8. The molecule has 6 nitrogen and oxygen atoms in total. The van der Waals surface area contributed by atoms with Gasteiger partial charge < -0.3 is 20.1 Å². The Labute approximate surface area is 102 Å². The Morgan fingerprint density at radius 3 is 2.12 bits per heavy atom. The minimum Gasteiger partial charge on any atom is -0.394 e. The molecule has 0 spiro atoms. The van der Waals surface area contributed by atoms with Gasteiger partial charge >= 0.3 is 0 Å². The number of hydrogen-bond donors (Lipinski definition) is 1. The smallest absolute Gasteiger partial charge is 0.150 e. The Balaban J connectivity index is 2.86. The molecule has 0 atom stereocenters. The maximum absolute atomic E-state index is 6.04. The summed E-state index contributed by atoms with van der Waals surface area (Å²) in [5, 5.41) is 4.32. The quantitative estimate of drug-likeness (QED) is 0.750. The predicted octanol–water partition coefficient (Wildman–Crippen LogP) is 0.410. The van der Waals surface area contributed by atoms with Crippen molar-refractivity contribution in [1.82, 2.24) is 9.78 Å². The zero-order valence-electron chi connectivity index (χ0n) is 11.1. The molecule has 0 saturated heterocycles. The molecule has 0 amide bonds. The molecule has 6 heteroatoms. The minimum atomic E-state index is 0.646. The topological polar surface area (TPSA) is 65.5 Å². The van der Waals surface area contributed by atoms with Gasteiger partial charge in [0.25, 0.3) is 0 Å². The van der Waals surface area contributed by atoms with Crippen molar-refractivity contribution in [3.05, 3.63) is 5.69 Å². The van der Waals surface area contributed by atoms with E-state index in [4.69, 9.17) is 15.2 Å². The molecule has 0 aliphatic rings. The van der Waals surface area contributed by atoms with Gasteiger partial charge in [-0.1, -0.05) is 0 Å². The highest BCUT2D eigenvalue weighted by atomic mass is 16.5. The molecule has 17 heavy (non-hydrogen) atoms. The maximum atomic E-state index is 6.04. The van der Waals surface area contributed by atoms with E-state index < -0.39 is 0 Å². The molecule has 1 aromatic rings. The number of hydrogen-bond acceptors (Lipinski definition) is 5. The van der Waals surface area contributed by atoms with Gasteiger partial charge in [-0.25, -0.2) is 0 Å². The molecule has 0 radical (unpaired) electrons. The number of anilines is 2. The number of aryl methyl sites for hydroxylation is 2. The molecule has 0 bridgehead atoms. The summed E-state index contributed by atoms with van der Waals surface area (Å²) in [4.78, 5) is 2.13. The molecule has 98 valence electrons. The third kappa shape index (κ3) is 3.34. The molecule has 1 aromatic heterocycles. The number of nitrogens with zero attached hydrogens (tertiary/aromatic N) is 3. The van der Waals surface area contributed by atoms with Crippen molar-refractivity contribution >= 4 is 11.5 Å². The molecular formula is C11H22N4O2. The van der Waals surface area contributed by atoms with E-state index in [0.717, 1.165) is 30.3 Å². The normalized spacial score (nSPS) is 10.8. The average Bonchev–Trinajstić information content (AvgIpc) is 2.55. The van der Waals surface area contributed by atoms with Crippen LogP contribution in [0, 0.1) is 6.92 Å². The van der Waals surface area contributed by atoms with Crippen LogP contribution < -0.4 is 10.6 Å². The summed E-state index contributed by atoms with van der Waals surface area (Å²) >= 11 is 0. The van der Waals surface area contributed by atoms with Crippen LogP contribution >= 0.6 is 0 Å². The number of nitrogen functional groups attached to an aromatic ring is 1. The second-order valence-electron chi connectivity index (χ2n) is 3.92. The lowest BCUT2D eigenvalue weighted by Crippen LogP contribution is -2.32. The fourth-order valence-electron chi connectivity index (χ4n) is 1.76. The Hall–Kier alpha value is -1.27. The van der Waals surface area contributed by atoms with Crippen molar-refractivity contribution in [3.63, 3.8) is 0 Å². The second-order valence-corrected chi connectivity index (χ2v) is 3.92. The molecule has 1 heterocycles. The van der Waals surface area contributed by atoms with Crippen LogP contribution in [0.3, 0.4) is 0 Å². The molecule has 1 rings (SSSR count). The van der Waals surface area contributed by atoms with Crippen LogP contribution in [0.1, 0.15) is 5.69 Å². The van der Waals surface area contributed by atoms with Crippen LogP contribution in [0.15, 0.2) is 0 Å². The van der Waals surface area contributed by atoms with Crippen LogP contribution in [0.25, 0.3) is 0 Å². The van der Waals surface area contributed by atoms with E-state index in [9.17, 15) is 0 Å². The largest absolute Gasteiger partial charge is 0.394 e. The lowest BCUT2D eigenvalue weighted by atomic mass is 10.3. The highest BCUT2D eigenvalue weighted by Crippen LogP contribution is 2.25. The second kappa shape index (κ2) is 6.46. The zero-order valence-corrected chi connectivity index (χ0v) is 11.1. The van der Waals surface area contributed by atoms with E-state index in [2.05, 4.69) is 10.00 Å². The number of methoxy groups -OCH3 is 2. The van der Waals surface area contributed by atoms with Gasteiger partial charge in [-0.05, 0) is 6.92 Å². The first-order chi connectivity index (χ1) is 8.11. The lowest BCUT2D eigenvalue weighted by molar-refractivity contribution is 0.189. The first-order valence-corrected chi connectivity index (χ1v) is 5.63. The fourth-order valence-corrected chi connectivity index (χ4v) is 1.76. The summed E-state index contributed by atoms with van der Waals surface area (Å²) in [6.07, 6.45) is 0. The Bertz CT molecular complexity index is 343.